The molecule has 0 spiro atoms. The van der Waals surface area contributed by atoms with E-state index in [2.05, 4.69) is 10.3 Å². The summed E-state index contributed by atoms with van der Waals surface area (Å²) in [5.74, 6) is 0.409. The lowest BCUT2D eigenvalue weighted by Crippen LogP contribution is -2.35. The Labute approximate surface area is 187 Å². The van der Waals surface area contributed by atoms with Crippen LogP contribution in [0.15, 0.2) is 76.8 Å². The fourth-order valence-corrected chi connectivity index (χ4v) is 4.87. The van der Waals surface area contributed by atoms with E-state index in [9.17, 15) is 13.2 Å². The van der Waals surface area contributed by atoms with Crippen LogP contribution in [0.1, 0.15) is 16.7 Å². The van der Waals surface area contributed by atoms with Crippen LogP contribution in [-0.2, 0) is 20.6 Å². The summed E-state index contributed by atoms with van der Waals surface area (Å²) in [6.07, 6.45) is 3.58. The van der Waals surface area contributed by atoms with Crippen LogP contribution in [0, 0.1) is 13.8 Å². The standard InChI is InChI=1S/C23H25N3O3S2/c1-17-6-11-22(13-18(17)2)31(28,29)26(3)15-23(27)25-20-7-9-21(10-8-20)30-16-19-5-4-12-24-14-19/h4-14H,15-16H2,1-3H3,(H,25,27). The Bertz CT molecular complexity index is 1150. The molecule has 31 heavy (non-hydrogen) atoms. The van der Waals surface area contributed by atoms with Crippen LogP contribution < -0.4 is 5.32 Å². The molecule has 0 fully saturated rings. The predicted molar refractivity (Wildman–Crippen MR) is 125 cm³/mol. The number of anilines is 1. The number of aryl methyl sites for hydroxylation is 2. The maximum absolute atomic E-state index is 12.8. The van der Waals surface area contributed by atoms with Crippen molar-refractivity contribution < 1.29 is 13.2 Å². The first-order valence-electron chi connectivity index (χ1n) is 9.71. The number of nitrogens with one attached hydrogen (secondary N) is 1. The van der Waals surface area contributed by atoms with Crippen LogP contribution >= 0.6 is 11.8 Å². The van der Waals surface area contributed by atoms with E-state index in [0.29, 0.717) is 5.69 Å². The van der Waals surface area contributed by atoms with Gasteiger partial charge in [-0.15, -0.1) is 11.8 Å². The number of aromatic nitrogens is 1. The summed E-state index contributed by atoms with van der Waals surface area (Å²) in [7, 11) is -2.34. The monoisotopic (exact) mass is 455 g/mol. The number of hydrogen-bond donors (Lipinski definition) is 1. The van der Waals surface area contributed by atoms with Gasteiger partial charge in [-0.05, 0) is 73.0 Å². The lowest BCUT2D eigenvalue weighted by molar-refractivity contribution is -0.116. The molecule has 0 saturated heterocycles. The summed E-state index contributed by atoms with van der Waals surface area (Å²) >= 11 is 1.67. The molecule has 0 aliphatic rings. The van der Waals surface area contributed by atoms with E-state index < -0.39 is 15.9 Å². The van der Waals surface area contributed by atoms with E-state index in [1.807, 2.05) is 44.3 Å². The number of pyridine rings is 1. The Kier molecular flexibility index (Phi) is 7.48. The first-order valence-corrected chi connectivity index (χ1v) is 12.1. The molecule has 0 radical (unpaired) electrons. The van der Waals surface area contributed by atoms with Gasteiger partial charge in [0, 0.05) is 35.8 Å². The van der Waals surface area contributed by atoms with Crippen molar-refractivity contribution >= 4 is 33.4 Å². The quantitative estimate of drug-likeness (QED) is 0.514. The second-order valence-electron chi connectivity index (χ2n) is 7.23. The lowest BCUT2D eigenvalue weighted by Gasteiger charge is -2.17. The second-order valence-corrected chi connectivity index (χ2v) is 10.3. The van der Waals surface area contributed by atoms with Gasteiger partial charge in [-0.1, -0.05) is 12.1 Å². The smallest absolute Gasteiger partial charge is 0.243 e. The van der Waals surface area contributed by atoms with Gasteiger partial charge in [-0.3, -0.25) is 9.78 Å². The van der Waals surface area contributed by atoms with Gasteiger partial charge in [0.2, 0.25) is 15.9 Å². The number of carbonyl (C=O) groups is 1. The predicted octanol–water partition coefficient (Wildman–Crippen LogP) is 4.25. The van der Waals surface area contributed by atoms with E-state index in [1.54, 1.807) is 48.3 Å². The van der Waals surface area contributed by atoms with Crippen LogP contribution in [0.5, 0.6) is 0 Å². The molecule has 2 aromatic carbocycles. The maximum Gasteiger partial charge on any atom is 0.243 e. The van der Waals surface area contributed by atoms with Gasteiger partial charge in [0.05, 0.1) is 11.4 Å². The number of rotatable bonds is 8. The van der Waals surface area contributed by atoms with E-state index in [4.69, 9.17) is 0 Å². The van der Waals surface area contributed by atoms with E-state index in [1.165, 1.54) is 7.05 Å². The second kappa shape index (κ2) is 10.1. The number of sulfonamides is 1. The molecule has 1 N–H and O–H groups in total. The SMILES string of the molecule is Cc1ccc(S(=O)(=O)N(C)CC(=O)Nc2ccc(SCc3cccnc3)cc2)cc1C. The maximum atomic E-state index is 12.8. The number of benzene rings is 2. The van der Waals surface area contributed by atoms with Gasteiger partial charge in [-0.25, -0.2) is 8.42 Å². The Morgan fingerprint density at radius 3 is 2.45 bits per heavy atom. The van der Waals surface area contributed by atoms with Gasteiger partial charge >= 0.3 is 0 Å². The van der Waals surface area contributed by atoms with Crippen molar-refractivity contribution in [3.05, 3.63) is 83.7 Å². The largest absolute Gasteiger partial charge is 0.325 e. The number of likely N-dealkylation sites (N-methyl/N-ethyl adjacent to an activating group) is 1. The molecule has 0 aliphatic heterocycles. The summed E-state index contributed by atoms with van der Waals surface area (Å²) in [5, 5.41) is 2.75. The third-order valence-electron chi connectivity index (χ3n) is 4.82. The first kappa shape index (κ1) is 23.0. The highest BCUT2D eigenvalue weighted by Crippen LogP contribution is 2.24. The number of thioether (sulfide) groups is 1. The van der Waals surface area contributed by atoms with Crippen LogP contribution in [0.25, 0.3) is 0 Å². The molecule has 162 valence electrons. The van der Waals surface area contributed by atoms with E-state index in [0.717, 1.165) is 31.6 Å². The fourth-order valence-electron chi connectivity index (χ4n) is 2.83. The molecule has 8 heteroatoms. The highest BCUT2D eigenvalue weighted by molar-refractivity contribution is 7.98. The minimum atomic E-state index is -3.74. The van der Waals surface area contributed by atoms with Crippen molar-refractivity contribution in [2.24, 2.45) is 0 Å². The normalized spacial score (nSPS) is 11.5. The molecule has 6 nitrogen and oxygen atoms in total. The van der Waals surface area contributed by atoms with Gasteiger partial charge in [-0.2, -0.15) is 4.31 Å². The minimum Gasteiger partial charge on any atom is -0.325 e. The van der Waals surface area contributed by atoms with Crippen molar-refractivity contribution in [1.82, 2.24) is 9.29 Å². The average Bonchev–Trinajstić information content (AvgIpc) is 2.75. The van der Waals surface area contributed by atoms with Crippen molar-refractivity contribution in [3.8, 4) is 0 Å². The van der Waals surface area contributed by atoms with Crippen molar-refractivity contribution in [2.45, 2.75) is 29.4 Å². The third-order valence-corrected chi connectivity index (χ3v) is 7.70. The number of hydrogen-bond acceptors (Lipinski definition) is 5. The van der Waals surface area contributed by atoms with E-state index >= 15 is 0 Å². The van der Waals surface area contributed by atoms with Crippen LogP contribution in [0.4, 0.5) is 5.69 Å². The zero-order valence-electron chi connectivity index (χ0n) is 17.7. The van der Waals surface area contributed by atoms with Crippen molar-refractivity contribution in [1.29, 1.82) is 0 Å². The zero-order valence-corrected chi connectivity index (χ0v) is 19.3. The molecule has 0 atom stereocenters. The van der Waals surface area contributed by atoms with Gasteiger partial charge in [0.1, 0.15) is 0 Å². The van der Waals surface area contributed by atoms with Crippen LogP contribution in [0.3, 0.4) is 0 Å². The molecule has 0 unspecified atom stereocenters. The minimum absolute atomic E-state index is 0.181. The molecule has 1 aromatic heterocycles. The summed E-state index contributed by atoms with van der Waals surface area (Å²) in [5.41, 5.74) is 3.66. The van der Waals surface area contributed by atoms with Crippen LogP contribution in [-0.4, -0.2) is 37.2 Å². The zero-order chi connectivity index (χ0) is 22.4. The van der Waals surface area contributed by atoms with Gasteiger partial charge in [0.25, 0.3) is 0 Å². The van der Waals surface area contributed by atoms with Gasteiger partial charge in [0.15, 0.2) is 0 Å². The molecule has 0 aliphatic carbocycles. The third kappa shape index (κ3) is 6.16. The number of carbonyl (C=O) groups excluding carboxylic acids is 1. The average molecular weight is 456 g/mol. The van der Waals surface area contributed by atoms with E-state index in [-0.39, 0.29) is 11.4 Å². The molecule has 0 saturated carbocycles. The summed E-state index contributed by atoms with van der Waals surface area (Å²) < 4.78 is 26.6. The Balaban J connectivity index is 1.56. The van der Waals surface area contributed by atoms with Crippen LogP contribution in [0.2, 0.25) is 0 Å². The fraction of sp³-hybridized carbons (Fsp3) is 0.217. The Morgan fingerprint density at radius 2 is 1.81 bits per heavy atom. The molecule has 0 bridgehead atoms. The summed E-state index contributed by atoms with van der Waals surface area (Å²) in [4.78, 5) is 17.7. The lowest BCUT2D eigenvalue weighted by atomic mass is 10.1. The molecular formula is C23H25N3O3S2. The molecule has 1 heterocycles. The molecular weight excluding hydrogens is 430 g/mol. The molecule has 3 rings (SSSR count). The topological polar surface area (TPSA) is 79.4 Å². The highest BCUT2D eigenvalue weighted by Gasteiger charge is 2.23. The number of nitrogens with zero attached hydrogens (tertiary/aromatic N) is 2. The Hall–Kier alpha value is -2.68. The van der Waals surface area contributed by atoms with Gasteiger partial charge < -0.3 is 5.32 Å². The van der Waals surface area contributed by atoms with Crippen molar-refractivity contribution in [2.75, 3.05) is 18.9 Å². The summed E-state index contributed by atoms with van der Waals surface area (Å²) in [6, 6.07) is 16.3. The summed E-state index contributed by atoms with van der Waals surface area (Å²) in [6.45, 7) is 3.51. The highest BCUT2D eigenvalue weighted by atomic mass is 32.2. The number of amides is 1. The molecule has 1 amide bonds. The Morgan fingerprint density at radius 1 is 1.06 bits per heavy atom. The first-order chi connectivity index (χ1) is 14.8. The molecule has 3 aromatic rings. The van der Waals surface area contributed by atoms with Crippen molar-refractivity contribution in [3.63, 3.8) is 0 Å².